The molecule has 2 aromatic rings. The summed E-state index contributed by atoms with van der Waals surface area (Å²) in [6.45, 7) is 0.612. The quantitative estimate of drug-likeness (QED) is 0.891. The summed E-state index contributed by atoms with van der Waals surface area (Å²) in [5.41, 5.74) is 6.40. The lowest BCUT2D eigenvalue weighted by molar-refractivity contribution is 0.586. The Morgan fingerprint density at radius 2 is 2.27 bits per heavy atom. The first-order valence-corrected chi connectivity index (χ1v) is 5.10. The second-order valence-corrected chi connectivity index (χ2v) is 3.84. The Bertz CT molecular complexity index is 457. The van der Waals surface area contributed by atoms with Crippen LogP contribution < -0.4 is 11.1 Å². The second-order valence-electron chi connectivity index (χ2n) is 2.93. The van der Waals surface area contributed by atoms with Gasteiger partial charge in [0.15, 0.2) is 0 Å². The molecule has 0 atom stereocenters. The van der Waals surface area contributed by atoms with E-state index in [1.807, 2.05) is 24.3 Å². The van der Waals surface area contributed by atoms with E-state index in [1.54, 1.807) is 0 Å². The average molecular weight is 269 g/mol. The van der Waals surface area contributed by atoms with Gasteiger partial charge in [0.05, 0.1) is 0 Å². The van der Waals surface area contributed by atoms with Gasteiger partial charge < -0.3 is 15.5 Å². The fraction of sp³-hybridized carbons (Fsp3) is 0.111. The molecule has 0 saturated carbocycles. The van der Waals surface area contributed by atoms with E-state index in [9.17, 15) is 0 Å². The van der Waals surface area contributed by atoms with Gasteiger partial charge in [0.2, 0.25) is 0 Å². The van der Waals surface area contributed by atoms with Crippen molar-refractivity contribution in [3.8, 4) is 0 Å². The van der Waals surface area contributed by atoms with Crippen LogP contribution in [0.4, 0.5) is 12.0 Å². The number of nitrogens with one attached hydrogen (secondary N) is 1. The maximum absolute atomic E-state index is 5.28. The molecular weight excluding hydrogens is 260 g/mol. The highest BCUT2D eigenvalue weighted by atomic mass is 79.9. The largest absolute Gasteiger partial charge is 0.390 e. The summed E-state index contributed by atoms with van der Waals surface area (Å²) in [4.78, 5) is 0. The zero-order valence-corrected chi connectivity index (χ0v) is 9.36. The van der Waals surface area contributed by atoms with Gasteiger partial charge in [0.1, 0.15) is 0 Å². The van der Waals surface area contributed by atoms with Crippen molar-refractivity contribution in [1.82, 2.24) is 10.2 Å². The molecule has 0 aliphatic heterocycles. The van der Waals surface area contributed by atoms with E-state index < -0.39 is 0 Å². The third kappa shape index (κ3) is 2.69. The standard InChI is InChI=1S/C9H9BrN4O/c10-7-3-1-2-6(4-7)5-12-9-14-13-8(11)15-9/h1-4H,5H2,(H2,11,13)(H,12,14). The van der Waals surface area contributed by atoms with E-state index in [2.05, 4.69) is 31.4 Å². The van der Waals surface area contributed by atoms with Gasteiger partial charge in [0, 0.05) is 11.0 Å². The van der Waals surface area contributed by atoms with Gasteiger partial charge in [-0.25, -0.2) is 0 Å². The molecule has 2 rings (SSSR count). The van der Waals surface area contributed by atoms with E-state index in [0.717, 1.165) is 10.0 Å². The van der Waals surface area contributed by atoms with Gasteiger partial charge in [-0.2, -0.15) is 0 Å². The molecule has 3 N–H and O–H groups in total. The first kappa shape index (κ1) is 9.97. The maximum Gasteiger partial charge on any atom is 0.317 e. The number of hydrogen-bond donors (Lipinski definition) is 2. The minimum Gasteiger partial charge on any atom is -0.390 e. The molecule has 0 radical (unpaired) electrons. The molecule has 5 nitrogen and oxygen atoms in total. The number of rotatable bonds is 3. The molecule has 1 aromatic heterocycles. The second kappa shape index (κ2) is 4.31. The summed E-state index contributed by atoms with van der Waals surface area (Å²) >= 11 is 3.39. The molecule has 1 heterocycles. The Kier molecular flexibility index (Phi) is 2.86. The Hall–Kier alpha value is -1.56. The molecular formula is C9H9BrN4O. The summed E-state index contributed by atoms with van der Waals surface area (Å²) < 4.78 is 6.00. The number of nitrogens with two attached hydrogens (primary N) is 1. The molecule has 0 fully saturated rings. The average Bonchev–Trinajstić information content (AvgIpc) is 2.62. The predicted molar refractivity (Wildman–Crippen MR) is 60.2 cm³/mol. The van der Waals surface area contributed by atoms with Crippen LogP contribution >= 0.6 is 15.9 Å². The lowest BCUT2D eigenvalue weighted by Gasteiger charge is -2.01. The molecule has 1 aromatic carbocycles. The van der Waals surface area contributed by atoms with Crippen molar-refractivity contribution in [2.75, 3.05) is 11.1 Å². The smallest absolute Gasteiger partial charge is 0.317 e. The number of aromatic nitrogens is 2. The third-order valence-corrected chi connectivity index (χ3v) is 2.27. The molecule has 0 saturated heterocycles. The van der Waals surface area contributed by atoms with Crippen LogP contribution in [0, 0.1) is 0 Å². The van der Waals surface area contributed by atoms with Gasteiger partial charge >= 0.3 is 12.0 Å². The van der Waals surface area contributed by atoms with Gasteiger partial charge in [0.25, 0.3) is 0 Å². The zero-order valence-electron chi connectivity index (χ0n) is 7.77. The fourth-order valence-electron chi connectivity index (χ4n) is 1.13. The summed E-state index contributed by atoms with van der Waals surface area (Å²) in [5.74, 6) is 0. The summed E-state index contributed by atoms with van der Waals surface area (Å²) in [6, 6.07) is 8.32. The van der Waals surface area contributed by atoms with Crippen LogP contribution in [0.3, 0.4) is 0 Å². The van der Waals surface area contributed by atoms with Crippen molar-refractivity contribution >= 4 is 28.0 Å². The van der Waals surface area contributed by atoms with E-state index in [0.29, 0.717) is 12.6 Å². The van der Waals surface area contributed by atoms with Gasteiger partial charge in [-0.1, -0.05) is 38.3 Å². The summed E-state index contributed by atoms with van der Waals surface area (Å²) in [6.07, 6.45) is 0. The number of nitrogens with zero attached hydrogens (tertiary/aromatic N) is 2. The lowest BCUT2D eigenvalue weighted by Crippen LogP contribution is -1.99. The highest BCUT2D eigenvalue weighted by Crippen LogP contribution is 2.13. The van der Waals surface area contributed by atoms with E-state index in [4.69, 9.17) is 10.2 Å². The third-order valence-electron chi connectivity index (χ3n) is 1.77. The first-order chi connectivity index (χ1) is 7.24. The summed E-state index contributed by atoms with van der Waals surface area (Å²) in [5, 5.41) is 10.2. The van der Waals surface area contributed by atoms with Crippen LogP contribution in [0.15, 0.2) is 33.2 Å². The molecule has 0 spiro atoms. The molecule has 0 unspecified atom stereocenters. The van der Waals surface area contributed by atoms with E-state index >= 15 is 0 Å². The fourth-order valence-corrected chi connectivity index (χ4v) is 1.58. The molecule has 0 aliphatic carbocycles. The molecule has 6 heteroatoms. The van der Waals surface area contributed by atoms with Crippen molar-refractivity contribution in [2.24, 2.45) is 0 Å². The maximum atomic E-state index is 5.28. The van der Waals surface area contributed by atoms with Crippen LogP contribution in [0.5, 0.6) is 0 Å². The van der Waals surface area contributed by atoms with Crippen LogP contribution in [-0.2, 0) is 6.54 Å². The minimum atomic E-state index is 0.0618. The molecule has 0 bridgehead atoms. The van der Waals surface area contributed by atoms with Gasteiger partial charge in [-0.3, -0.25) is 0 Å². The van der Waals surface area contributed by atoms with Crippen LogP contribution in [-0.4, -0.2) is 10.2 Å². The van der Waals surface area contributed by atoms with Crippen LogP contribution in [0.2, 0.25) is 0 Å². The van der Waals surface area contributed by atoms with Crippen molar-refractivity contribution in [3.05, 3.63) is 34.3 Å². The Morgan fingerprint density at radius 1 is 1.40 bits per heavy atom. The number of halogens is 1. The predicted octanol–water partition coefficient (Wildman–Crippen LogP) is 2.03. The number of anilines is 2. The zero-order chi connectivity index (χ0) is 10.7. The van der Waals surface area contributed by atoms with Crippen LogP contribution in [0.1, 0.15) is 5.56 Å². The van der Waals surface area contributed by atoms with E-state index in [1.165, 1.54) is 0 Å². The Labute approximate surface area is 94.8 Å². The monoisotopic (exact) mass is 268 g/mol. The number of benzene rings is 1. The Balaban J connectivity index is 1.99. The molecule has 0 aliphatic rings. The van der Waals surface area contributed by atoms with Crippen molar-refractivity contribution in [1.29, 1.82) is 0 Å². The Morgan fingerprint density at radius 3 is 2.93 bits per heavy atom. The van der Waals surface area contributed by atoms with Crippen molar-refractivity contribution in [3.63, 3.8) is 0 Å². The van der Waals surface area contributed by atoms with Gasteiger partial charge in [-0.05, 0) is 17.7 Å². The summed E-state index contributed by atoms with van der Waals surface area (Å²) in [7, 11) is 0. The molecule has 78 valence electrons. The van der Waals surface area contributed by atoms with Crippen LogP contribution in [0.25, 0.3) is 0 Å². The van der Waals surface area contributed by atoms with Crippen molar-refractivity contribution < 1.29 is 4.42 Å². The van der Waals surface area contributed by atoms with Gasteiger partial charge in [-0.15, -0.1) is 0 Å². The minimum absolute atomic E-state index is 0.0618. The number of nitrogen functional groups attached to an aromatic ring is 1. The topological polar surface area (TPSA) is 77.0 Å². The first-order valence-electron chi connectivity index (χ1n) is 4.31. The highest BCUT2D eigenvalue weighted by Gasteiger charge is 2.01. The molecule has 0 amide bonds. The highest BCUT2D eigenvalue weighted by molar-refractivity contribution is 9.10. The normalized spacial score (nSPS) is 10.2. The molecule has 15 heavy (non-hydrogen) atoms. The lowest BCUT2D eigenvalue weighted by atomic mass is 10.2. The number of hydrogen-bond acceptors (Lipinski definition) is 5. The van der Waals surface area contributed by atoms with Crippen molar-refractivity contribution in [2.45, 2.75) is 6.54 Å². The SMILES string of the molecule is Nc1nnc(NCc2cccc(Br)c2)o1. The van der Waals surface area contributed by atoms with E-state index in [-0.39, 0.29) is 6.01 Å².